The van der Waals surface area contributed by atoms with Crippen molar-refractivity contribution in [3.63, 3.8) is 0 Å². The fraction of sp³-hybridized carbons (Fsp3) is 0.231. The number of anilines is 1. The molecule has 1 atom stereocenters. The van der Waals surface area contributed by atoms with E-state index in [1.54, 1.807) is 32.0 Å². The molecule has 2 amide bonds. The number of carbonyl (C=O) groups excluding carboxylic acids is 1. The highest BCUT2D eigenvalue weighted by atomic mass is 32.2. The summed E-state index contributed by atoms with van der Waals surface area (Å²) in [5.41, 5.74) is 0.735. The molecule has 0 fully saturated rings. The van der Waals surface area contributed by atoms with Crippen LogP contribution in [-0.2, 0) is 10.0 Å². The van der Waals surface area contributed by atoms with Gasteiger partial charge in [0.05, 0.1) is 10.9 Å². The number of rotatable bonds is 4. The van der Waals surface area contributed by atoms with Gasteiger partial charge in [0.25, 0.3) is 0 Å². The minimum atomic E-state index is -3.73. The lowest BCUT2D eigenvalue weighted by Gasteiger charge is -2.14. The second-order valence-electron chi connectivity index (χ2n) is 4.76. The molecule has 4 N–H and O–H groups in total. The van der Waals surface area contributed by atoms with Gasteiger partial charge in [-0.1, -0.05) is 17.3 Å². The average Bonchev–Trinajstić information content (AvgIpc) is 2.83. The minimum Gasteiger partial charge on any atom is -0.360 e. The second kappa shape index (κ2) is 6.16. The third-order valence-corrected chi connectivity index (χ3v) is 3.86. The van der Waals surface area contributed by atoms with Gasteiger partial charge < -0.3 is 9.84 Å². The van der Waals surface area contributed by atoms with Gasteiger partial charge in [-0.15, -0.1) is 0 Å². The molecule has 1 aromatic heterocycles. The lowest BCUT2D eigenvalue weighted by Crippen LogP contribution is -2.31. The fourth-order valence-electron chi connectivity index (χ4n) is 1.80. The van der Waals surface area contributed by atoms with Crippen molar-refractivity contribution < 1.29 is 17.7 Å². The van der Waals surface area contributed by atoms with Crippen LogP contribution in [0.1, 0.15) is 24.3 Å². The van der Waals surface area contributed by atoms with E-state index in [2.05, 4.69) is 15.8 Å². The van der Waals surface area contributed by atoms with Crippen LogP contribution in [-0.4, -0.2) is 19.6 Å². The predicted molar refractivity (Wildman–Crippen MR) is 79.6 cm³/mol. The molecule has 8 nitrogen and oxygen atoms in total. The van der Waals surface area contributed by atoms with E-state index in [1.807, 2.05) is 0 Å². The molecule has 0 aliphatic heterocycles. The number of nitrogens with zero attached hydrogens (tertiary/aromatic N) is 1. The molecule has 22 heavy (non-hydrogen) atoms. The number of nitrogens with two attached hydrogens (primary N) is 1. The SMILES string of the molecule is Cc1cc(NC(=O)NC(C)c2ccc(S(N)(=O)=O)cc2)no1. The molecule has 0 saturated heterocycles. The van der Waals surface area contributed by atoms with E-state index in [4.69, 9.17) is 9.66 Å². The Morgan fingerprint density at radius 2 is 1.95 bits per heavy atom. The number of sulfonamides is 1. The van der Waals surface area contributed by atoms with Gasteiger partial charge in [0.15, 0.2) is 5.82 Å². The fourth-order valence-corrected chi connectivity index (χ4v) is 2.32. The van der Waals surface area contributed by atoms with Crippen LogP contribution in [0.25, 0.3) is 0 Å². The van der Waals surface area contributed by atoms with Gasteiger partial charge in [-0.25, -0.2) is 18.4 Å². The van der Waals surface area contributed by atoms with Gasteiger partial charge in [-0.3, -0.25) is 5.32 Å². The van der Waals surface area contributed by atoms with E-state index in [0.717, 1.165) is 5.56 Å². The Labute approximate surface area is 127 Å². The minimum absolute atomic E-state index is 0.0194. The lowest BCUT2D eigenvalue weighted by atomic mass is 10.1. The Balaban J connectivity index is 1.99. The maximum atomic E-state index is 11.8. The van der Waals surface area contributed by atoms with E-state index in [1.165, 1.54) is 12.1 Å². The summed E-state index contributed by atoms with van der Waals surface area (Å²) >= 11 is 0. The van der Waals surface area contributed by atoms with E-state index < -0.39 is 16.1 Å². The van der Waals surface area contributed by atoms with Gasteiger partial charge in [-0.2, -0.15) is 0 Å². The molecule has 1 unspecified atom stereocenters. The number of hydrogen-bond acceptors (Lipinski definition) is 5. The van der Waals surface area contributed by atoms with Gasteiger partial charge >= 0.3 is 6.03 Å². The molecule has 0 saturated carbocycles. The van der Waals surface area contributed by atoms with Crippen LogP contribution < -0.4 is 15.8 Å². The summed E-state index contributed by atoms with van der Waals surface area (Å²) in [5, 5.41) is 13.9. The molecule has 2 aromatic rings. The molecule has 0 aliphatic carbocycles. The zero-order valence-corrected chi connectivity index (χ0v) is 12.8. The molecule has 0 radical (unpaired) electrons. The molecule has 2 rings (SSSR count). The Morgan fingerprint density at radius 3 is 2.45 bits per heavy atom. The van der Waals surface area contributed by atoms with Gasteiger partial charge in [0.2, 0.25) is 10.0 Å². The molecule has 1 aromatic carbocycles. The molecule has 1 heterocycles. The highest BCUT2D eigenvalue weighted by molar-refractivity contribution is 7.89. The van der Waals surface area contributed by atoms with E-state index in [0.29, 0.717) is 11.6 Å². The van der Waals surface area contributed by atoms with Crippen molar-refractivity contribution in [2.45, 2.75) is 24.8 Å². The predicted octanol–water partition coefficient (Wildman–Crippen LogP) is 1.51. The third-order valence-electron chi connectivity index (χ3n) is 2.93. The van der Waals surface area contributed by atoms with Crippen molar-refractivity contribution >= 4 is 21.9 Å². The Bertz CT molecular complexity index is 768. The first kappa shape index (κ1) is 16.0. The van der Waals surface area contributed by atoms with Gasteiger partial charge in [-0.05, 0) is 31.5 Å². The van der Waals surface area contributed by atoms with Gasteiger partial charge in [0.1, 0.15) is 5.76 Å². The highest BCUT2D eigenvalue weighted by Crippen LogP contribution is 2.16. The number of carbonyl (C=O) groups is 1. The zero-order chi connectivity index (χ0) is 16.3. The van der Waals surface area contributed by atoms with Crippen LogP contribution in [0.3, 0.4) is 0 Å². The lowest BCUT2D eigenvalue weighted by molar-refractivity contribution is 0.249. The molecular formula is C13H16N4O4S. The molecule has 0 spiro atoms. The molecule has 9 heteroatoms. The topological polar surface area (TPSA) is 127 Å². The number of primary sulfonamides is 1. The summed E-state index contributed by atoms with van der Waals surface area (Å²) < 4.78 is 27.2. The average molecular weight is 324 g/mol. The van der Waals surface area contributed by atoms with Crippen molar-refractivity contribution in [2.75, 3.05) is 5.32 Å². The first-order valence-electron chi connectivity index (χ1n) is 6.39. The summed E-state index contributed by atoms with van der Waals surface area (Å²) in [6, 6.07) is 6.77. The number of benzene rings is 1. The number of nitrogens with one attached hydrogen (secondary N) is 2. The maximum Gasteiger partial charge on any atom is 0.320 e. The van der Waals surface area contributed by atoms with Crippen molar-refractivity contribution in [3.8, 4) is 0 Å². The van der Waals surface area contributed by atoms with Crippen LogP contribution in [0, 0.1) is 6.92 Å². The highest BCUT2D eigenvalue weighted by Gasteiger charge is 2.13. The Kier molecular flexibility index (Phi) is 4.48. The van der Waals surface area contributed by atoms with Crippen molar-refractivity contribution in [2.24, 2.45) is 5.14 Å². The van der Waals surface area contributed by atoms with E-state index >= 15 is 0 Å². The number of aromatic nitrogens is 1. The summed E-state index contributed by atoms with van der Waals surface area (Å²) in [4.78, 5) is 11.8. The first-order chi connectivity index (χ1) is 10.3. The van der Waals surface area contributed by atoms with E-state index in [-0.39, 0.29) is 10.9 Å². The zero-order valence-electron chi connectivity index (χ0n) is 12.0. The Morgan fingerprint density at radius 1 is 1.32 bits per heavy atom. The maximum absolute atomic E-state index is 11.8. The van der Waals surface area contributed by atoms with Crippen LogP contribution in [0.2, 0.25) is 0 Å². The largest absolute Gasteiger partial charge is 0.360 e. The van der Waals surface area contributed by atoms with Crippen LogP contribution in [0.5, 0.6) is 0 Å². The van der Waals surface area contributed by atoms with Crippen LogP contribution in [0.4, 0.5) is 10.6 Å². The number of amides is 2. The number of urea groups is 1. The normalized spacial score (nSPS) is 12.7. The molecular weight excluding hydrogens is 308 g/mol. The van der Waals surface area contributed by atoms with Gasteiger partial charge in [0, 0.05) is 6.07 Å². The van der Waals surface area contributed by atoms with Crippen molar-refractivity contribution in [1.82, 2.24) is 10.5 Å². The van der Waals surface area contributed by atoms with Crippen LogP contribution in [0.15, 0.2) is 39.8 Å². The second-order valence-corrected chi connectivity index (χ2v) is 6.32. The number of aryl methyl sites for hydroxylation is 1. The number of hydrogen-bond donors (Lipinski definition) is 3. The smallest absolute Gasteiger partial charge is 0.320 e. The Hall–Kier alpha value is -2.39. The standard InChI is InChI=1S/C13H16N4O4S/c1-8-7-12(17-21-8)16-13(18)15-9(2)10-3-5-11(6-4-10)22(14,19)20/h3-7,9H,1-2H3,(H2,14,19,20)(H2,15,16,17,18). The van der Waals surface area contributed by atoms with E-state index in [9.17, 15) is 13.2 Å². The molecule has 0 aliphatic rings. The summed E-state index contributed by atoms with van der Waals surface area (Å²) in [7, 11) is -3.73. The molecule has 118 valence electrons. The quantitative estimate of drug-likeness (QED) is 0.785. The summed E-state index contributed by atoms with van der Waals surface area (Å²) in [5.74, 6) is 0.897. The van der Waals surface area contributed by atoms with Crippen molar-refractivity contribution in [1.29, 1.82) is 0 Å². The van der Waals surface area contributed by atoms with Crippen molar-refractivity contribution in [3.05, 3.63) is 41.7 Å². The van der Waals surface area contributed by atoms with Crippen LogP contribution >= 0.6 is 0 Å². The summed E-state index contributed by atoms with van der Waals surface area (Å²) in [6.45, 7) is 3.48. The third kappa shape index (κ3) is 4.06. The monoisotopic (exact) mass is 324 g/mol. The first-order valence-corrected chi connectivity index (χ1v) is 7.94. The summed E-state index contributed by atoms with van der Waals surface area (Å²) in [6.07, 6.45) is 0. The molecule has 0 bridgehead atoms.